The van der Waals surface area contributed by atoms with E-state index in [-0.39, 0.29) is 0 Å². The lowest BCUT2D eigenvalue weighted by Crippen LogP contribution is -1.88. The molecular weight excluding hydrogens is 331 g/mol. The van der Waals surface area contributed by atoms with Crippen LogP contribution < -0.4 is 0 Å². The number of halogens is 2. The zero-order valence-electron chi connectivity index (χ0n) is 11.2. The van der Waals surface area contributed by atoms with Gasteiger partial charge in [0.1, 0.15) is 5.15 Å². The average molecular weight is 341 g/mol. The molecule has 0 saturated heterocycles. The lowest BCUT2D eigenvalue weighted by atomic mass is 10.2. The molecule has 0 atom stereocenters. The van der Waals surface area contributed by atoms with Gasteiger partial charge in [0, 0.05) is 18.7 Å². The minimum Gasteiger partial charge on any atom is -0.334 e. The fourth-order valence-corrected chi connectivity index (χ4v) is 3.03. The van der Waals surface area contributed by atoms with Gasteiger partial charge in [-0.3, -0.25) is 4.68 Å². The van der Waals surface area contributed by atoms with Crippen LogP contribution in [0.25, 0.3) is 22.9 Å². The van der Waals surface area contributed by atoms with Crippen LogP contribution in [-0.4, -0.2) is 19.9 Å². The van der Waals surface area contributed by atoms with Crippen LogP contribution >= 0.6 is 34.5 Å². The summed E-state index contributed by atoms with van der Waals surface area (Å²) in [6.45, 7) is 1.89. The maximum atomic E-state index is 6.15. The van der Waals surface area contributed by atoms with Crippen LogP contribution in [0.15, 0.2) is 16.7 Å². The second-order valence-corrected chi connectivity index (χ2v) is 6.38. The first-order valence-corrected chi connectivity index (χ1v) is 7.58. The third-order valence-corrected chi connectivity index (χ3v) is 4.50. The molecule has 0 aliphatic heterocycles. The lowest BCUT2D eigenvalue weighted by Gasteiger charge is -1.90. The first-order chi connectivity index (χ1) is 10.0. The van der Waals surface area contributed by atoms with Crippen molar-refractivity contribution in [3.8, 4) is 10.7 Å². The van der Waals surface area contributed by atoms with Gasteiger partial charge in [-0.25, -0.2) is 0 Å². The van der Waals surface area contributed by atoms with Crippen molar-refractivity contribution in [2.24, 2.45) is 7.05 Å². The molecule has 0 bridgehead atoms. The van der Waals surface area contributed by atoms with Gasteiger partial charge in [0.2, 0.25) is 5.82 Å². The summed E-state index contributed by atoms with van der Waals surface area (Å²) in [6, 6.07) is 3.65. The van der Waals surface area contributed by atoms with E-state index in [4.69, 9.17) is 27.7 Å². The quantitative estimate of drug-likeness (QED) is 0.712. The Bertz CT molecular complexity index is 818. The van der Waals surface area contributed by atoms with E-state index in [1.807, 2.05) is 19.1 Å². The Balaban J connectivity index is 1.86. The Labute approximate surface area is 134 Å². The fraction of sp³-hybridized carbons (Fsp3) is 0.154. The largest absolute Gasteiger partial charge is 0.334 e. The Morgan fingerprint density at radius 3 is 2.71 bits per heavy atom. The van der Waals surface area contributed by atoms with Crippen molar-refractivity contribution in [3.05, 3.63) is 38.8 Å². The predicted octanol–water partition coefficient (Wildman–Crippen LogP) is 4.32. The van der Waals surface area contributed by atoms with Crippen molar-refractivity contribution in [1.29, 1.82) is 0 Å². The smallest absolute Gasteiger partial charge is 0.250 e. The van der Waals surface area contributed by atoms with Gasteiger partial charge in [0.15, 0.2) is 0 Å². The molecule has 3 aromatic heterocycles. The summed E-state index contributed by atoms with van der Waals surface area (Å²) < 4.78 is 7.48. The topological polar surface area (TPSA) is 56.7 Å². The third-order valence-electron chi connectivity index (χ3n) is 2.82. The molecule has 0 amide bonds. The second kappa shape index (κ2) is 5.63. The van der Waals surface area contributed by atoms with E-state index >= 15 is 0 Å². The first-order valence-electron chi connectivity index (χ1n) is 6.01. The molecule has 3 rings (SSSR count). The number of rotatable bonds is 3. The maximum Gasteiger partial charge on any atom is 0.250 e. The summed E-state index contributed by atoms with van der Waals surface area (Å²) in [6.07, 6.45) is 3.52. The van der Waals surface area contributed by atoms with Gasteiger partial charge in [-0.2, -0.15) is 10.1 Å². The summed E-state index contributed by atoms with van der Waals surface area (Å²) in [4.78, 5) is 5.15. The second-order valence-electron chi connectivity index (χ2n) is 4.31. The van der Waals surface area contributed by atoms with E-state index in [9.17, 15) is 0 Å². The Morgan fingerprint density at radius 2 is 2.10 bits per heavy atom. The molecule has 0 radical (unpaired) electrons. The minimum absolute atomic E-state index is 0.397. The van der Waals surface area contributed by atoms with Gasteiger partial charge in [-0.15, -0.1) is 11.3 Å². The molecular formula is C13H10Cl2N4OS. The van der Waals surface area contributed by atoms with E-state index in [2.05, 4.69) is 15.2 Å². The highest BCUT2D eigenvalue weighted by atomic mass is 35.5. The number of hydrogen-bond acceptors (Lipinski definition) is 5. The molecule has 0 N–H and O–H groups in total. The Kier molecular flexibility index (Phi) is 3.84. The standard InChI is InChI=1S/C13H10Cl2N4OS/c1-7-8(12(15)19(2)17-7)3-6-11-16-13(18-20-11)9-4-5-10(14)21-9/h3-6H,1-2H3/b6-3+. The molecule has 0 aromatic carbocycles. The van der Waals surface area contributed by atoms with Crippen LogP contribution in [0.3, 0.4) is 0 Å². The van der Waals surface area contributed by atoms with Gasteiger partial charge in [0.25, 0.3) is 5.89 Å². The highest BCUT2D eigenvalue weighted by molar-refractivity contribution is 7.19. The third kappa shape index (κ3) is 2.88. The van der Waals surface area contributed by atoms with Gasteiger partial charge < -0.3 is 4.52 Å². The van der Waals surface area contributed by atoms with Crippen molar-refractivity contribution >= 4 is 46.7 Å². The highest BCUT2D eigenvalue weighted by Crippen LogP contribution is 2.29. The molecule has 0 saturated carbocycles. The van der Waals surface area contributed by atoms with Crippen molar-refractivity contribution in [2.75, 3.05) is 0 Å². The minimum atomic E-state index is 0.397. The van der Waals surface area contributed by atoms with Crippen molar-refractivity contribution < 1.29 is 4.52 Å². The van der Waals surface area contributed by atoms with Crippen LogP contribution in [-0.2, 0) is 7.05 Å². The van der Waals surface area contributed by atoms with Crippen LogP contribution in [0.2, 0.25) is 9.49 Å². The van der Waals surface area contributed by atoms with E-state index in [0.29, 0.717) is 21.2 Å². The molecule has 0 aliphatic rings. The molecule has 0 unspecified atom stereocenters. The molecule has 5 nitrogen and oxygen atoms in total. The molecule has 21 heavy (non-hydrogen) atoms. The maximum absolute atomic E-state index is 6.15. The molecule has 3 aromatic rings. The molecule has 0 spiro atoms. The van der Waals surface area contributed by atoms with Crippen molar-refractivity contribution in [1.82, 2.24) is 19.9 Å². The lowest BCUT2D eigenvalue weighted by molar-refractivity contribution is 0.411. The summed E-state index contributed by atoms with van der Waals surface area (Å²) in [5.41, 5.74) is 1.67. The normalized spacial score (nSPS) is 11.6. The van der Waals surface area contributed by atoms with Gasteiger partial charge >= 0.3 is 0 Å². The van der Waals surface area contributed by atoms with Crippen LogP contribution in [0, 0.1) is 6.92 Å². The summed E-state index contributed by atoms with van der Waals surface area (Å²) in [5, 5.41) is 8.72. The zero-order chi connectivity index (χ0) is 15.0. The monoisotopic (exact) mass is 340 g/mol. The van der Waals surface area contributed by atoms with Gasteiger partial charge in [0.05, 0.1) is 14.9 Å². The number of aromatic nitrogens is 4. The molecule has 8 heteroatoms. The van der Waals surface area contributed by atoms with Crippen LogP contribution in [0.1, 0.15) is 17.1 Å². The number of thiophene rings is 1. The summed E-state index contributed by atoms with van der Waals surface area (Å²) in [5.74, 6) is 0.911. The molecule has 3 heterocycles. The number of hydrogen-bond donors (Lipinski definition) is 0. The van der Waals surface area contributed by atoms with Crippen molar-refractivity contribution in [3.63, 3.8) is 0 Å². The number of aryl methyl sites for hydroxylation is 2. The van der Waals surface area contributed by atoms with E-state index in [1.54, 1.807) is 23.9 Å². The van der Waals surface area contributed by atoms with Crippen LogP contribution in [0.4, 0.5) is 0 Å². The molecule has 0 aliphatic carbocycles. The van der Waals surface area contributed by atoms with Gasteiger partial charge in [-0.1, -0.05) is 28.4 Å². The Hall–Kier alpha value is -1.63. The van der Waals surface area contributed by atoms with E-state index < -0.39 is 0 Å². The van der Waals surface area contributed by atoms with E-state index in [0.717, 1.165) is 16.1 Å². The SMILES string of the molecule is Cc1nn(C)c(Cl)c1/C=C/c1nc(-c2ccc(Cl)s2)no1. The molecule has 108 valence electrons. The van der Waals surface area contributed by atoms with Crippen molar-refractivity contribution in [2.45, 2.75) is 6.92 Å². The molecule has 0 fully saturated rings. The highest BCUT2D eigenvalue weighted by Gasteiger charge is 2.11. The van der Waals surface area contributed by atoms with E-state index in [1.165, 1.54) is 11.3 Å². The Morgan fingerprint density at radius 1 is 1.29 bits per heavy atom. The summed E-state index contributed by atoms with van der Waals surface area (Å²) >= 11 is 13.4. The summed E-state index contributed by atoms with van der Waals surface area (Å²) in [7, 11) is 1.79. The average Bonchev–Trinajstić information content (AvgIpc) is 3.11. The van der Waals surface area contributed by atoms with Crippen LogP contribution in [0.5, 0.6) is 0 Å². The van der Waals surface area contributed by atoms with Gasteiger partial charge in [-0.05, 0) is 25.1 Å². The predicted molar refractivity (Wildman–Crippen MR) is 84.5 cm³/mol. The first kappa shape index (κ1) is 14.3. The zero-order valence-corrected chi connectivity index (χ0v) is 13.5. The number of nitrogens with zero attached hydrogens (tertiary/aromatic N) is 4. The fourth-order valence-electron chi connectivity index (χ4n) is 1.83.